The second kappa shape index (κ2) is 6.53. The van der Waals surface area contributed by atoms with Crippen LogP contribution in [0.5, 0.6) is 0 Å². The Morgan fingerprint density at radius 2 is 1.74 bits per heavy atom. The van der Waals surface area contributed by atoms with Crippen LogP contribution in [0.4, 0.5) is 0 Å². The third kappa shape index (κ3) is 3.58. The predicted molar refractivity (Wildman–Crippen MR) is 84.8 cm³/mol. The Balaban J connectivity index is 1.58. The van der Waals surface area contributed by atoms with Gasteiger partial charge in [-0.3, -0.25) is 0 Å². The monoisotopic (exact) mass is 273 g/mol. The van der Waals surface area contributed by atoms with E-state index in [0.29, 0.717) is 0 Å². The Morgan fingerprint density at radius 3 is 2.53 bits per heavy atom. The van der Waals surface area contributed by atoms with Gasteiger partial charge < -0.3 is 5.32 Å². The van der Waals surface area contributed by atoms with Crippen molar-refractivity contribution in [3.8, 4) is 0 Å². The van der Waals surface area contributed by atoms with E-state index in [2.05, 4.69) is 35.6 Å². The number of nitrogens with one attached hydrogen (secondary N) is 1. The van der Waals surface area contributed by atoms with Crippen LogP contribution in [-0.4, -0.2) is 6.04 Å². The summed E-state index contributed by atoms with van der Waals surface area (Å²) < 4.78 is 1.41. The third-order valence-corrected chi connectivity index (χ3v) is 5.26. The number of hydrogen-bond acceptors (Lipinski definition) is 2. The maximum Gasteiger partial charge on any atom is 0.0346 e. The van der Waals surface area contributed by atoms with Crippen molar-refractivity contribution in [1.29, 1.82) is 0 Å². The summed E-state index contributed by atoms with van der Waals surface area (Å²) in [6.45, 7) is 1.05. The molecular weight excluding hydrogens is 250 g/mol. The standard InChI is InChI=1S/C17H23NS/c1-2-4-9-15(10-5-3-1)18-13-16-12-14-8-6-7-11-17(14)19-16/h6-8,11-12,15,18H,1-5,9-10,13H2. The van der Waals surface area contributed by atoms with Gasteiger partial charge in [0.05, 0.1) is 0 Å². The van der Waals surface area contributed by atoms with Gasteiger partial charge in [-0.1, -0.05) is 50.3 Å². The average Bonchev–Trinajstić information content (AvgIpc) is 2.80. The molecule has 0 atom stereocenters. The molecule has 0 bridgehead atoms. The number of fused-ring (bicyclic) bond motifs is 1. The van der Waals surface area contributed by atoms with E-state index in [9.17, 15) is 0 Å². The van der Waals surface area contributed by atoms with E-state index in [1.165, 1.54) is 59.9 Å². The fraction of sp³-hybridized carbons (Fsp3) is 0.529. The first kappa shape index (κ1) is 13.1. The fourth-order valence-corrected chi connectivity index (χ4v) is 4.04. The molecule has 0 radical (unpaired) electrons. The fourth-order valence-electron chi connectivity index (χ4n) is 3.03. The first-order valence-electron chi connectivity index (χ1n) is 7.63. The first-order chi connectivity index (χ1) is 9.42. The molecule has 1 heterocycles. The largest absolute Gasteiger partial charge is 0.309 e. The van der Waals surface area contributed by atoms with Crippen LogP contribution in [0, 0.1) is 0 Å². The Bertz CT molecular complexity index is 476. The molecule has 1 aromatic heterocycles. The topological polar surface area (TPSA) is 12.0 Å². The molecule has 2 heteroatoms. The van der Waals surface area contributed by atoms with Crippen molar-refractivity contribution in [2.45, 2.75) is 57.5 Å². The van der Waals surface area contributed by atoms with Gasteiger partial charge in [-0.15, -0.1) is 11.3 Å². The summed E-state index contributed by atoms with van der Waals surface area (Å²) in [5, 5.41) is 5.17. The van der Waals surface area contributed by atoms with Crippen LogP contribution in [0.1, 0.15) is 49.8 Å². The molecule has 0 spiro atoms. The summed E-state index contributed by atoms with van der Waals surface area (Å²) >= 11 is 1.93. The summed E-state index contributed by atoms with van der Waals surface area (Å²) in [7, 11) is 0. The quantitative estimate of drug-likeness (QED) is 0.820. The van der Waals surface area contributed by atoms with Gasteiger partial charge in [0.15, 0.2) is 0 Å². The van der Waals surface area contributed by atoms with E-state index in [0.717, 1.165) is 12.6 Å². The molecule has 3 rings (SSSR count). The van der Waals surface area contributed by atoms with E-state index in [1.54, 1.807) is 0 Å². The van der Waals surface area contributed by atoms with Gasteiger partial charge in [0, 0.05) is 22.2 Å². The molecule has 19 heavy (non-hydrogen) atoms. The van der Waals surface area contributed by atoms with Crippen molar-refractivity contribution in [2.75, 3.05) is 0 Å². The zero-order valence-corrected chi connectivity index (χ0v) is 12.3. The smallest absolute Gasteiger partial charge is 0.0346 e. The number of hydrogen-bond donors (Lipinski definition) is 1. The second-order valence-electron chi connectivity index (χ2n) is 5.67. The average molecular weight is 273 g/mol. The number of rotatable bonds is 3. The second-order valence-corrected chi connectivity index (χ2v) is 6.84. The Hall–Kier alpha value is -0.860. The highest BCUT2D eigenvalue weighted by Crippen LogP contribution is 2.25. The van der Waals surface area contributed by atoms with Crippen LogP contribution < -0.4 is 5.32 Å². The van der Waals surface area contributed by atoms with E-state index >= 15 is 0 Å². The molecule has 1 N–H and O–H groups in total. The predicted octanol–water partition coefficient (Wildman–Crippen LogP) is 5.10. The van der Waals surface area contributed by atoms with Gasteiger partial charge in [-0.25, -0.2) is 0 Å². The molecule has 1 aromatic carbocycles. The summed E-state index contributed by atoms with van der Waals surface area (Å²) in [6, 6.07) is 11.8. The van der Waals surface area contributed by atoms with E-state index in [1.807, 2.05) is 11.3 Å². The van der Waals surface area contributed by atoms with Gasteiger partial charge in [-0.05, 0) is 30.4 Å². The SMILES string of the molecule is c1ccc2sc(CNC3CCCCCCC3)cc2c1. The molecule has 1 fully saturated rings. The zero-order valence-electron chi connectivity index (χ0n) is 11.5. The van der Waals surface area contributed by atoms with Crippen molar-refractivity contribution in [1.82, 2.24) is 5.32 Å². The lowest BCUT2D eigenvalue weighted by molar-refractivity contribution is 0.390. The Labute approximate surface area is 120 Å². The van der Waals surface area contributed by atoms with Gasteiger partial charge in [0.25, 0.3) is 0 Å². The van der Waals surface area contributed by atoms with Gasteiger partial charge >= 0.3 is 0 Å². The lowest BCUT2D eigenvalue weighted by Crippen LogP contribution is -2.28. The molecule has 0 amide bonds. The van der Waals surface area contributed by atoms with Crippen LogP contribution in [0.3, 0.4) is 0 Å². The lowest BCUT2D eigenvalue weighted by atomic mass is 9.97. The van der Waals surface area contributed by atoms with Crippen LogP contribution in [0.15, 0.2) is 30.3 Å². The van der Waals surface area contributed by atoms with Gasteiger partial charge in [0.2, 0.25) is 0 Å². The highest BCUT2D eigenvalue weighted by molar-refractivity contribution is 7.19. The molecule has 1 saturated carbocycles. The van der Waals surface area contributed by atoms with Gasteiger partial charge in [0.1, 0.15) is 0 Å². The van der Waals surface area contributed by atoms with Crippen molar-refractivity contribution < 1.29 is 0 Å². The Morgan fingerprint density at radius 1 is 1.00 bits per heavy atom. The van der Waals surface area contributed by atoms with Crippen LogP contribution in [0.2, 0.25) is 0 Å². The minimum absolute atomic E-state index is 0.741. The summed E-state index contributed by atoms with van der Waals surface area (Å²) in [6.07, 6.45) is 9.86. The van der Waals surface area contributed by atoms with E-state index in [-0.39, 0.29) is 0 Å². The molecule has 1 aliphatic rings. The Kier molecular flexibility index (Phi) is 4.52. The van der Waals surface area contributed by atoms with E-state index < -0.39 is 0 Å². The van der Waals surface area contributed by atoms with Crippen LogP contribution in [0.25, 0.3) is 10.1 Å². The molecular formula is C17H23NS. The number of thiophene rings is 1. The molecule has 1 nitrogen and oxygen atoms in total. The summed E-state index contributed by atoms with van der Waals surface area (Å²) in [5.41, 5.74) is 0. The van der Waals surface area contributed by atoms with Crippen LogP contribution in [-0.2, 0) is 6.54 Å². The zero-order chi connectivity index (χ0) is 12.9. The molecule has 0 saturated heterocycles. The van der Waals surface area contributed by atoms with Crippen molar-refractivity contribution in [2.24, 2.45) is 0 Å². The number of benzene rings is 1. The summed E-state index contributed by atoms with van der Waals surface area (Å²) in [4.78, 5) is 1.48. The van der Waals surface area contributed by atoms with Crippen molar-refractivity contribution in [3.63, 3.8) is 0 Å². The highest BCUT2D eigenvalue weighted by Gasteiger charge is 2.11. The van der Waals surface area contributed by atoms with Crippen molar-refractivity contribution >= 4 is 21.4 Å². The van der Waals surface area contributed by atoms with Gasteiger partial charge in [-0.2, -0.15) is 0 Å². The normalized spacial score (nSPS) is 18.3. The third-order valence-electron chi connectivity index (χ3n) is 4.15. The molecule has 102 valence electrons. The van der Waals surface area contributed by atoms with E-state index in [4.69, 9.17) is 0 Å². The maximum absolute atomic E-state index is 3.78. The molecule has 1 aliphatic carbocycles. The minimum atomic E-state index is 0.741. The molecule has 2 aromatic rings. The molecule has 0 aliphatic heterocycles. The first-order valence-corrected chi connectivity index (χ1v) is 8.44. The molecule has 0 unspecified atom stereocenters. The maximum atomic E-state index is 3.78. The van der Waals surface area contributed by atoms with Crippen molar-refractivity contribution in [3.05, 3.63) is 35.2 Å². The lowest BCUT2D eigenvalue weighted by Gasteiger charge is -2.20. The summed E-state index contributed by atoms with van der Waals surface area (Å²) in [5.74, 6) is 0. The van der Waals surface area contributed by atoms with Crippen LogP contribution >= 0.6 is 11.3 Å². The highest BCUT2D eigenvalue weighted by atomic mass is 32.1. The minimum Gasteiger partial charge on any atom is -0.309 e.